The average molecular weight is 197 g/mol. The van der Waals surface area contributed by atoms with Crippen molar-refractivity contribution in [3.63, 3.8) is 0 Å². The third-order valence-electron chi connectivity index (χ3n) is 2.26. The number of phenols is 2. The average Bonchev–Trinajstić information content (AvgIpc) is 2.12. The fourth-order valence-corrected chi connectivity index (χ4v) is 1.76. The normalized spacial score (nSPS) is 15.0. The van der Waals surface area contributed by atoms with Crippen LogP contribution in [0, 0.1) is 0 Å². The zero-order chi connectivity index (χ0) is 9.42. The van der Waals surface area contributed by atoms with Gasteiger partial charge in [0, 0.05) is 22.6 Å². The summed E-state index contributed by atoms with van der Waals surface area (Å²) in [6.45, 7) is 0. The number of halogens is 1. The number of hydrogen-bond acceptors (Lipinski definition) is 2. The number of aromatic hydroxyl groups is 2. The first-order valence-electron chi connectivity index (χ1n) is 4.05. The SMILES string of the molecule is Oc1ccc(O)c2c1CC=C(Cl)C2. The number of allylic oxidation sites excluding steroid dienone is 2. The zero-order valence-corrected chi connectivity index (χ0v) is 7.67. The molecule has 0 heterocycles. The van der Waals surface area contributed by atoms with E-state index >= 15 is 0 Å². The van der Waals surface area contributed by atoms with Crippen LogP contribution >= 0.6 is 11.6 Å². The Kier molecular flexibility index (Phi) is 1.93. The molecule has 0 unspecified atom stereocenters. The van der Waals surface area contributed by atoms with E-state index in [9.17, 15) is 10.2 Å². The van der Waals surface area contributed by atoms with E-state index in [1.54, 1.807) is 0 Å². The van der Waals surface area contributed by atoms with Crippen molar-refractivity contribution < 1.29 is 10.2 Å². The summed E-state index contributed by atoms with van der Waals surface area (Å²) in [5.41, 5.74) is 1.52. The molecule has 2 rings (SSSR count). The third kappa shape index (κ3) is 1.38. The highest BCUT2D eigenvalue weighted by Gasteiger charge is 2.16. The van der Waals surface area contributed by atoms with Crippen LogP contribution in [0.4, 0.5) is 0 Å². The minimum absolute atomic E-state index is 0.207. The molecule has 0 aromatic heterocycles. The predicted octanol–water partition coefficient (Wildman–Crippen LogP) is 2.32. The lowest BCUT2D eigenvalue weighted by Gasteiger charge is -2.15. The topological polar surface area (TPSA) is 40.5 Å². The molecule has 0 aliphatic heterocycles. The van der Waals surface area contributed by atoms with Crippen LogP contribution in [0.5, 0.6) is 11.5 Å². The maximum Gasteiger partial charge on any atom is 0.119 e. The predicted molar refractivity (Wildman–Crippen MR) is 51.1 cm³/mol. The number of rotatable bonds is 0. The van der Waals surface area contributed by atoms with Crippen LogP contribution in [0.15, 0.2) is 23.2 Å². The number of phenolic OH excluding ortho intramolecular Hbond substituents is 2. The molecule has 0 radical (unpaired) electrons. The first-order valence-corrected chi connectivity index (χ1v) is 4.43. The van der Waals surface area contributed by atoms with Crippen molar-refractivity contribution >= 4 is 11.6 Å². The summed E-state index contributed by atoms with van der Waals surface area (Å²) >= 11 is 5.84. The van der Waals surface area contributed by atoms with Crippen molar-refractivity contribution in [2.24, 2.45) is 0 Å². The third-order valence-corrected chi connectivity index (χ3v) is 2.54. The number of fused-ring (bicyclic) bond motifs is 1. The Morgan fingerprint density at radius 2 is 1.69 bits per heavy atom. The first-order chi connectivity index (χ1) is 6.18. The Hall–Kier alpha value is -1.15. The van der Waals surface area contributed by atoms with Crippen molar-refractivity contribution in [2.75, 3.05) is 0 Å². The highest BCUT2D eigenvalue weighted by Crippen LogP contribution is 2.35. The molecule has 1 aliphatic rings. The minimum atomic E-state index is 0.207. The molecule has 2 nitrogen and oxygen atoms in total. The van der Waals surface area contributed by atoms with Gasteiger partial charge in [-0.3, -0.25) is 0 Å². The Bertz CT molecular complexity index is 383. The van der Waals surface area contributed by atoms with Gasteiger partial charge >= 0.3 is 0 Å². The van der Waals surface area contributed by atoms with Crippen LogP contribution in [0.3, 0.4) is 0 Å². The number of benzene rings is 1. The van der Waals surface area contributed by atoms with Crippen molar-refractivity contribution in [1.29, 1.82) is 0 Å². The van der Waals surface area contributed by atoms with Crippen molar-refractivity contribution in [2.45, 2.75) is 12.8 Å². The summed E-state index contributed by atoms with van der Waals surface area (Å²) in [5, 5.41) is 19.7. The van der Waals surface area contributed by atoms with Crippen LogP contribution in [0.2, 0.25) is 0 Å². The van der Waals surface area contributed by atoms with Gasteiger partial charge in [0.05, 0.1) is 0 Å². The summed E-state index contributed by atoms with van der Waals surface area (Å²) in [6.07, 6.45) is 2.95. The van der Waals surface area contributed by atoms with E-state index in [0.717, 1.165) is 11.1 Å². The minimum Gasteiger partial charge on any atom is -0.508 e. The van der Waals surface area contributed by atoms with Gasteiger partial charge in [0.25, 0.3) is 0 Å². The highest BCUT2D eigenvalue weighted by atomic mass is 35.5. The summed E-state index contributed by atoms with van der Waals surface area (Å²) < 4.78 is 0. The molecule has 13 heavy (non-hydrogen) atoms. The van der Waals surface area contributed by atoms with Crippen molar-refractivity contribution in [1.82, 2.24) is 0 Å². The summed E-state index contributed by atoms with van der Waals surface area (Å²) in [6, 6.07) is 2.99. The maximum atomic E-state index is 9.50. The van der Waals surface area contributed by atoms with Gasteiger partial charge in [-0.15, -0.1) is 0 Å². The van der Waals surface area contributed by atoms with Gasteiger partial charge in [-0.05, 0) is 18.6 Å². The second-order valence-electron chi connectivity index (χ2n) is 3.09. The second kappa shape index (κ2) is 2.96. The van der Waals surface area contributed by atoms with Crippen LogP contribution in [0.25, 0.3) is 0 Å². The van der Waals surface area contributed by atoms with E-state index < -0.39 is 0 Å². The van der Waals surface area contributed by atoms with Crippen molar-refractivity contribution in [3.05, 3.63) is 34.4 Å². The summed E-state index contributed by atoms with van der Waals surface area (Å²) in [5.74, 6) is 0.437. The molecule has 1 aliphatic carbocycles. The Morgan fingerprint density at radius 1 is 1.08 bits per heavy atom. The van der Waals surface area contributed by atoms with Gasteiger partial charge in [-0.1, -0.05) is 17.7 Å². The maximum absolute atomic E-state index is 9.50. The lowest BCUT2D eigenvalue weighted by molar-refractivity contribution is 0.449. The first kappa shape index (κ1) is 8.45. The largest absolute Gasteiger partial charge is 0.508 e. The highest BCUT2D eigenvalue weighted by molar-refractivity contribution is 6.29. The molecular formula is C10H9ClO2. The molecule has 0 spiro atoms. The quantitative estimate of drug-likeness (QED) is 0.626. The molecule has 3 heteroatoms. The van der Waals surface area contributed by atoms with Crippen LogP contribution < -0.4 is 0 Å². The molecule has 0 saturated heterocycles. The second-order valence-corrected chi connectivity index (χ2v) is 3.58. The van der Waals surface area contributed by atoms with Crippen LogP contribution in [0.1, 0.15) is 11.1 Å². The fraction of sp³-hybridized carbons (Fsp3) is 0.200. The van der Waals surface area contributed by atoms with E-state index in [4.69, 9.17) is 11.6 Å². The van der Waals surface area contributed by atoms with Gasteiger partial charge in [-0.2, -0.15) is 0 Å². The van der Waals surface area contributed by atoms with Gasteiger partial charge < -0.3 is 10.2 Å². The summed E-state index contributed by atoms with van der Waals surface area (Å²) in [4.78, 5) is 0. The van der Waals surface area contributed by atoms with Gasteiger partial charge in [0.1, 0.15) is 11.5 Å². The molecule has 68 valence electrons. The Morgan fingerprint density at radius 3 is 2.38 bits per heavy atom. The van der Waals surface area contributed by atoms with E-state index in [-0.39, 0.29) is 11.5 Å². The fourth-order valence-electron chi connectivity index (χ4n) is 1.55. The Balaban J connectivity index is 2.56. The van der Waals surface area contributed by atoms with Crippen LogP contribution in [-0.2, 0) is 12.8 Å². The van der Waals surface area contributed by atoms with Crippen molar-refractivity contribution in [3.8, 4) is 11.5 Å². The molecule has 0 saturated carbocycles. The monoisotopic (exact) mass is 196 g/mol. The van der Waals surface area contributed by atoms with Gasteiger partial charge in [0.2, 0.25) is 0 Å². The van der Waals surface area contributed by atoms with E-state index in [1.807, 2.05) is 6.08 Å². The lowest BCUT2D eigenvalue weighted by Crippen LogP contribution is -2.00. The molecule has 2 N–H and O–H groups in total. The molecule has 1 aromatic rings. The van der Waals surface area contributed by atoms with E-state index in [1.165, 1.54) is 12.1 Å². The Labute approximate surface area is 81.1 Å². The lowest BCUT2D eigenvalue weighted by atomic mass is 9.95. The van der Waals surface area contributed by atoms with E-state index in [2.05, 4.69) is 0 Å². The molecule has 0 fully saturated rings. The standard InChI is InChI=1S/C10H9ClO2/c11-6-1-2-7-8(5-6)10(13)4-3-9(7)12/h1,3-4,12-13H,2,5H2. The molecular weight excluding hydrogens is 188 g/mol. The number of hydrogen-bond donors (Lipinski definition) is 2. The molecule has 0 bridgehead atoms. The van der Waals surface area contributed by atoms with Gasteiger partial charge in [0.15, 0.2) is 0 Å². The van der Waals surface area contributed by atoms with E-state index in [0.29, 0.717) is 17.9 Å². The molecule has 1 aromatic carbocycles. The van der Waals surface area contributed by atoms with Crippen LogP contribution in [-0.4, -0.2) is 10.2 Å². The zero-order valence-electron chi connectivity index (χ0n) is 6.92. The summed E-state index contributed by atoms with van der Waals surface area (Å²) in [7, 11) is 0. The molecule has 0 atom stereocenters. The van der Waals surface area contributed by atoms with Gasteiger partial charge in [-0.25, -0.2) is 0 Å². The smallest absolute Gasteiger partial charge is 0.119 e. The molecule has 0 amide bonds.